The third kappa shape index (κ3) is 3.91. The Morgan fingerprint density at radius 1 is 1.26 bits per heavy atom. The lowest BCUT2D eigenvalue weighted by atomic mass is 10.1. The average Bonchev–Trinajstić information content (AvgIpc) is 2.86. The van der Waals surface area contributed by atoms with E-state index >= 15 is 0 Å². The number of carbonyl (C=O) groups excluding carboxylic acids is 1. The van der Waals surface area contributed by atoms with E-state index in [1.54, 1.807) is 14.0 Å². The predicted octanol–water partition coefficient (Wildman–Crippen LogP) is 2.46. The minimum absolute atomic E-state index is 0.161. The Labute approximate surface area is 134 Å². The fourth-order valence-corrected chi connectivity index (χ4v) is 2.32. The van der Waals surface area contributed by atoms with Crippen LogP contribution in [-0.4, -0.2) is 24.1 Å². The SMILES string of the molecule is COc1cc(CNC(=O)c2c(C)coc2CC(=O)O)ccc1C. The quantitative estimate of drug-likeness (QED) is 0.854. The Morgan fingerprint density at radius 2 is 2.00 bits per heavy atom. The van der Waals surface area contributed by atoms with Gasteiger partial charge in [-0.1, -0.05) is 12.1 Å². The van der Waals surface area contributed by atoms with Crippen LogP contribution >= 0.6 is 0 Å². The number of ether oxygens (including phenoxy) is 1. The van der Waals surface area contributed by atoms with Gasteiger partial charge in [0, 0.05) is 12.1 Å². The highest BCUT2D eigenvalue weighted by Crippen LogP contribution is 2.20. The van der Waals surface area contributed by atoms with E-state index in [0.29, 0.717) is 12.1 Å². The summed E-state index contributed by atoms with van der Waals surface area (Å²) in [6.07, 6.45) is 1.07. The molecule has 0 saturated heterocycles. The van der Waals surface area contributed by atoms with Gasteiger partial charge < -0.3 is 19.6 Å². The average molecular weight is 317 g/mol. The molecular weight excluding hydrogens is 298 g/mol. The molecular formula is C17H19NO5. The molecule has 0 saturated carbocycles. The maximum Gasteiger partial charge on any atom is 0.311 e. The summed E-state index contributed by atoms with van der Waals surface area (Å²) in [5, 5.41) is 11.6. The van der Waals surface area contributed by atoms with Crippen LogP contribution in [0.15, 0.2) is 28.9 Å². The summed E-state index contributed by atoms with van der Waals surface area (Å²) in [5.41, 5.74) is 2.80. The molecule has 0 unspecified atom stereocenters. The molecule has 0 radical (unpaired) electrons. The van der Waals surface area contributed by atoms with E-state index in [2.05, 4.69) is 5.32 Å². The number of methoxy groups -OCH3 is 1. The monoisotopic (exact) mass is 317 g/mol. The molecule has 122 valence electrons. The zero-order valence-electron chi connectivity index (χ0n) is 13.3. The molecule has 1 amide bonds. The zero-order chi connectivity index (χ0) is 17.0. The van der Waals surface area contributed by atoms with Crippen LogP contribution in [0.2, 0.25) is 0 Å². The topological polar surface area (TPSA) is 88.8 Å². The number of aryl methyl sites for hydroxylation is 2. The van der Waals surface area contributed by atoms with E-state index in [1.807, 2.05) is 25.1 Å². The third-order valence-corrected chi connectivity index (χ3v) is 3.52. The smallest absolute Gasteiger partial charge is 0.311 e. The third-order valence-electron chi connectivity index (χ3n) is 3.52. The van der Waals surface area contributed by atoms with Gasteiger partial charge in [-0.05, 0) is 31.0 Å². The van der Waals surface area contributed by atoms with Gasteiger partial charge in [0.05, 0.1) is 18.9 Å². The van der Waals surface area contributed by atoms with Gasteiger partial charge in [0.15, 0.2) is 0 Å². The molecule has 0 aliphatic heterocycles. The summed E-state index contributed by atoms with van der Waals surface area (Å²) in [6, 6.07) is 5.67. The number of furan rings is 1. The molecule has 0 aliphatic carbocycles. The Balaban J connectivity index is 2.11. The number of carboxylic acid groups (broad SMARTS) is 1. The van der Waals surface area contributed by atoms with Crippen LogP contribution in [0, 0.1) is 13.8 Å². The first kappa shape index (κ1) is 16.6. The van der Waals surface area contributed by atoms with Gasteiger partial charge in [-0.15, -0.1) is 0 Å². The van der Waals surface area contributed by atoms with Crippen molar-refractivity contribution in [2.75, 3.05) is 7.11 Å². The molecule has 0 atom stereocenters. The van der Waals surface area contributed by atoms with Crippen LogP contribution in [0.3, 0.4) is 0 Å². The minimum atomic E-state index is -1.04. The van der Waals surface area contributed by atoms with Gasteiger partial charge in [0.1, 0.15) is 17.9 Å². The van der Waals surface area contributed by atoms with Crippen LogP contribution < -0.4 is 10.1 Å². The molecule has 1 aromatic carbocycles. The molecule has 6 heteroatoms. The second-order valence-electron chi connectivity index (χ2n) is 5.27. The second kappa shape index (κ2) is 7.00. The minimum Gasteiger partial charge on any atom is -0.496 e. The summed E-state index contributed by atoms with van der Waals surface area (Å²) in [5.74, 6) is -0.486. The number of benzene rings is 1. The summed E-state index contributed by atoms with van der Waals surface area (Å²) in [4.78, 5) is 23.2. The first-order chi connectivity index (χ1) is 10.9. The fraction of sp³-hybridized carbons (Fsp3) is 0.294. The molecule has 23 heavy (non-hydrogen) atoms. The van der Waals surface area contributed by atoms with Crippen molar-refractivity contribution in [1.82, 2.24) is 5.32 Å². The Bertz CT molecular complexity index is 733. The van der Waals surface area contributed by atoms with Crippen molar-refractivity contribution in [3.05, 3.63) is 52.5 Å². The summed E-state index contributed by atoms with van der Waals surface area (Å²) < 4.78 is 10.4. The molecule has 0 spiro atoms. The van der Waals surface area contributed by atoms with Gasteiger partial charge in [-0.3, -0.25) is 9.59 Å². The van der Waals surface area contributed by atoms with Gasteiger partial charge in [-0.25, -0.2) is 0 Å². The lowest BCUT2D eigenvalue weighted by molar-refractivity contribution is -0.136. The number of carbonyl (C=O) groups is 2. The van der Waals surface area contributed by atoms with Crippen molar-refractivity contribution in [2.45, 2.75) is 26.8 Å². The van der Waals surface area contributed by atoms with Crippen molar-refractivity contribution in [3.8, 4) is 5.75 Å². The molecule has 2 N–H and O–H groups in total. The highest BCUT2D eigenvalue weighted by molar-refractivity contribution is 5.97. The van der Waals surface area contributed by atoms with Gasteiger partial charge >= 0.3 is 5.97 Å². The van der Waals surface area contributed by atoms with E-state index in [-0.39, 0.29) is 23.7 Å². The molecule has 2 aromatic rings. The standard InChI is InChI=1S/C17H19NO5/c1-10-4-5-12(6-13(10)22-3)8-18-17(21)16-11(2)9-23-14(16)7-15(19)20/h4-6,9H,7-8H2,1-3H3,(H,18,21)(H,19,20). The van der Waals surface area contributed by atoms with Gasteiger partial charge in [0.2, 0.25) is 0 Å². The van der Waals surface area contributed by atoms with Crippen LogP contribution in [0.4, 0.5) is 0 Å². The molecule has 1 aromatic heterocycles. The van der Waals surface area contributed by atoms with E-state index in [1.165, 1.54) is 6.26 Å². The number of hydrogen-bond acceptors (Lipinski definition) is 4. The first-order valence-corrected chi connectivity index (χ1v) is 7.12. The Hall–Kier alpha value is -2.76. The van der Waals surface area contributed by atoms with E-state index < -0.39 is 5.97 Å². The Morgan fingerprint density at radius 3 is 2.65 bits per heavy atom. The molecule has 2 rings (SSSR count). The fourth-order valence-electron chi connectivity index (χ4n) is 2.32. The predicted molar refractivity (Wildman–Crippen MR) is 83.7 cm³/mol. The number of amides is 1. The lowest BCUT2D eigenvalue weighted by Crippen LogP contribution is -2.24. The van der Waals surface area contributed by atoms with Crippen LogP contribution in [0.1, 0.15) is 32.8 Å². The van der Waals surface area contributed by atoms with E-state index in [9.17, 15) is 9.59 Å². The van der Waals surface area contributed by atoms with E-state index in [4.69, 9.17) is 14.3 Å². The number of nitrogens with one attached hydrogen (secondary N) is 1. The second-order valence-corrected chi connectivity index (χ2v) is 5.27. The van der Waals surface area contributed by atoms with Crippen molar-refractivity contribution in [2.24, 2.45) is 0 Å². The van der Waals surface area contributed by atoms with Crippen LogP contribution in [-0.2, 0) is 17.8 Å². The van der Waals surface area contributed by atoms with Crippen molar-refractivity contribution >= 4 is 11.9 Å². The first-order valence-electron chi connectivity index (χ1n) is 7.12. The number of hydrogen-bond donors (Lipinski definition) is 2. The summed E-state index contributed by atoms with van der Waals surface area (Å²) >= 11 is 0. The van der Waals surface area contributed by atoms with Crippen LogP contribution in [0.5, 0.6) is 5.75 Å². The number of aliphatic carboxylic acids is 1. The molecule has 6 nitrogen and oxygen atoms in total. The van der Waals surface area contributed by atoms with Gasteiger partial charge in [-0.2, -0.15) is 0 Å². The maximum atomic E-state index is 12.3. The van der Waals surface area contributed by atoms with Crippen molar-refractivity contribution < 1.29 is 23.8 Å². The Kier molecular flexibility index (Phi) is 5.05. The highest BCUT2D eigenvalue weighted by Gasteiger charge is 2.20. The molecule has 1 heterocycles. The highest BCUT2D eigenvalue weighted by atomic mass is 16.5. The molecule has 0 fully saturated rings. The van der Waals surface area contributed by atoms with E-state index in [0.717, 1.165) is 16.9 Å². The van der Waals surface area contributed by atoms with Crippen LogP contribution in [0.25, 0.3) is 0 Å². The number of carboxylic acids is 1. The maximum absolute atomic E-state index is 12.3. The summed E-state index contributed by atoms with van der Waals surface area (Å²) in [7, 11) is 1.59. The number of rotatable bonds is 6. The zero-order valence-corrected chi connectivity index (χ0v) is 13.3. The van der Waals surface area contributed by atoms with Gasteiger partial charge in [0.25, 0.3) is 5.91 Å². The summed E-state index contributed by atoms with van der Waals surface area (Å²) in [6.45, 7) is 3.96. The normalized spacial score (nSPS) is 10.4. The molecule has 0 bridgehead atoms. The van der Waals surface area contributed by atoms with Crippen molar-refractivity contribution in [3.63, 3.8) is 0 Å². The molecule has 0 aliphatic rings. The lowest BCUT2D eigenvalue weighted by Gasteiger charge is -2.09. The van der Waals surface area contributed by atoms with Crippen molar-refractivity contribution in [1.29, 1.82) is 0 Å². The largest absolute Gasteiger partial charge is 0.496 e.